The highest BCUT2D eigenvalue weighted by atomic mass is 19.3. The van der Waals surface area contributed by atoms with Crippen LogP contribution in [0.15, 0.2) is 18.2 Å². The second-order valence-corrected chi connectivity index (χ2v) is 6.03. The lowest BCUT2D eigenvalue weighted by Gasteiger charge is -2.39. The molecule has 1 aromatic carbocycles. The van der Waals surface area contributed by atoms with E-state index in [1.807, 2.05) is 6.92 Å². The summed E-state index contributed by atoms with van der Waals surface area (Å²) in [5, 5.41) is 9.01. The van der Waals surface area contributed by atoms with E-state index in [1.54, 1.807) is 23.1 Å². The monoisotopic (exact) mass is 338 g/mol. The molecule has 6 nitrogen and oxygen atoms in total. The molecule has 2 heterocycles. The van der Waals surface area contributed by atoms with Crippen LogP contribution in [-0.4, -0.2) is 69.6 Å². The van der Waals surface area contributed by atoms with E-state index in [9.17, 15) is 13.6 Å². The van der Waals surface area contributed by atoms with Crippen LogP contribution in [0.25, 0.3) is 11.0 Å². The number of rotatable bonds is 4. The summed E-state index contributed by atoms with van der Waals surface area (Å²) in [7, 11) is 0. The van der Waals surface area contributed by atoms with Crippen LogP contribution in [0.1, 0.15) is 29.5 Å². The molecule has 130 valence electrons. The Morgan fingerprint density at radius 2 is 2.25 bits per heavy atom. The molecule has 1 saturated heterocycles. The molecule has 0 radical (unpaired) electrons. The van der Waals surface area contributed by atoms with Crippen molar-refractivity contribution >= 4 is 16.9 Å². The first-order chi connectivity index (χ1) is 11.5. The van der Waals surface area contributed by atoms with Crippen LogP contribution in [0.4, 0.5) is 8.78 Å². The van der Waals surface area contributed by atoms with Crippen LogP contribution < -0.4 is 0 Å². The molecule has 1 fully saturated rings. The highest BCUT2D eigenvalue weighted by Crippen LogP contribution is 2.22. The van der Waals surface area contributed by atoms with Gasteiger partial charge in [-0.15, -0.1) is 0 Å². The van der Waals surface area contributed by atoms with Gasteiger partial charge >= 0.3 is 0 Å². The number of imidazole rings is 1. The molecular weight excluding hydrogens is 318 g/mol. The van der Waals surface area contributed by atoms with Gasteiger partial charge in [-0.25, -0.2) is 13.8 Å². The number of aromatic nitrogens is 2. The Morgan fingerprint density at radius 1 is 1.46 bits per heavy atom. The number of alkyl halides is 2. The number of amides is 1. The summed E-state index contributed by atoms with van der Waals surface area (Å²) < 4.78 is 25.4. The fourth-order valence-electron chi connectivity index (χ4n) is 3.11. The smallest absolute Gasteiger partial charge is 0.295 e. The van der Waals surface area contributed by atoms with E-state index < -0.39 is 6.43 Å². The Kier molecular flexibility index (Phi) is 4.77. The lowest BCUT2D eigenvalue weighted by Crippen LogP contribution is -2.54. The summed E-state index contributed by atoms with van der Waals surface area (Å²) in [6, 6.07) is 4.79. The van der Waals surface area contributed by atoms with Crippen LogP contribution in [0.2, 0.25) is 0 Å². The Labute approximate surface area is 138 Å². The van der Waals surface area contributed by atoms with Gasteiger partial charge < -0.3 is 15.0 Å². The highest BCUT2D eigenvalue weighted by molar-refractivity contribution is 5.97. The molecule has 24 heavy (non-hydrogen) atoms. The number of nitrogens with one attached hydrogen (secondary N) is 1. The molecule has 1 amide bonds. The van der Waals surface area contributed by atoms with Gasteiger partial charge in [0.05, 0.1) is 17.6 Å². The molecule has 2 N–H and O–H groups in total. The summed E-state index contributed by atoms with van der Waals surface area (Å²) in [6.45, 7) is 4.65. The third kappa shape index (κ3) is 3.25. The van der Waals surface area contributed by atoms with Gasteiger partial charge in [0.1, 0.15) is 0 Å². The Hall–Kier alpha value is -2.06. The predicted molar refractivity (Wildman–Crippen MR) is 85.1 cm³/mol. The highest BCUT2D eigenvalue weighted by Gasteiger charge is 2.28. The van der Waals surface area contributed by atoms with Crippen molar-refractivity contribution in [1.29, 1.82) is 0 Å². The van der Waals surface area contributed by atoms with Gasteiger partial charge in [-0.2, -0.15) is 0 Å². The fraction of sp³-hybridized carbons (Fsp3) is 0.500. The van der Waals surface area contributed by atoms with E-state index in [1.165, 1.54) is 0 Å². The predicted octanol–water partition coefficient (Wildman–Crippen LogP) is 1.64. The van der Waals surface area contributed by atoms with Crippen molar-refractivity contribution in [3.05, 3.63) is 29.6 Å². The molecule has 1 unspecified atom stereocenters. The van der Waals surface area contributed by atoms with Gasteiger partial charge in [-0.05, 0) is 25.1 Å². The fourth-order valence-corrected chi connectivity index (χ4v) is 3.11. The number of hydrogen-bond donors (Lipinski definition) is 2. The summed E-state index contributed by atoms with van der Waals surface area (Å²) >= 11 is 0. The molecule has 0 saturated carbocycles. The zero-order chi connectivity index (χ0) is 17.3. The molecular formula is C16H20F2N4O2. The molecule has 8 heteroatoms. The molecule has 1 aliphatic rings. The van der Waals surface area contributed by atoms with E-state index in [4.69, 9.17) is 5.11 Å². The average Bonchev–Trinajstić information content (AvgIpc) is 2.98. The van der Waals surface area contributed by atoms with Gasteiger partial charge in [0.15, 0.2) is 5.82 Å². The number of aromatic amines is 1. The standard InChI is InChI=1S/C16H20F2N4O2/c1-10-9-21(6-7-23)4-5-22(10)16(24)11-2-3-12-13(8-11)20-15(19-12)14(17)18/h2-3,8,10,14,23H,4-7,9H2,1H3,(H,19,20). The molecule has 0 spiro atoms. The van der Waals surface area contributed by atoms with E-state index in [0.29, 0.717) is 42.8 Å². The minimum absolute atomic E-state index is 0.0203. The Balaban J connectivity index is 1.78. The second-order valence-electron chi connectivity index (χ2n) is 6.03. The van der Waals surface area contributed by atoms with Crippen molar-refractivity contribution in [3.8, 4) is 0 Å². The zero-order valence-electron chi connectivity index (χ0n) is 13.4. The van der Waals surface area contributed by atoms with Gasteiger partial charge in [0, 0.05) is 37.8 Å². The number of β-amino-alcohol motifs (C(OH)–C–C–N with tert-alkyl or cyclic N) is 1. The van der Waals surface area contributed by atoms with Crippen LogP contribution >= 0.6 is 0 Å². The van der Waals surface area contributed by atoms with Gasteiger partial charge in [0.2, 0.25) is 0 Å². The maximum atomic E-state index is 12.7. The Bertz CT molecular complexity index is 734. The average molecular weight is 338 g/mol. The van der Waals surface area contributed by atoms with E-state index in [0.717, 1.165) is 0 Å². The number of carbonyl (C=O) groups is 1. The number of benzene rings is 1. The number of halogens is 2. The molecule has 2 aromatic rings. The van der Waals surface area contributed by atoms with Crippen LogP contribution in [-0.2, 0) is 0 Å². The Morgan fingerprint density at radius 3 is 2.92 bits per heavy atom. The van der Waals surface area contributed by atoms with Crippen molar-refractivity contribution in [2.75, 3.05) is 32.8 Å². The number of piperazine rings is 1. The van der Waals surface area contributed by atoms with E-state index in [-0.39, 0.29) is 24.4 Å². The van der Waals surface area contributed by atoms with Gasteiger partial charge in [-0.1, -0.05) is 0 Å². The lowest BCUT2D eigenvalue weighted by atomic mass is 10.1. The topological polar surface area (TPSA) is 72.5 Å². The first kappa shape index (κ1) is 16.8. The number of nitrogens with zero attached hydrogens (tertiary/aromatic N) is 3. The van der Waals surface area contributed by atoms with Gasteiger partial charge in [-0.3, -0.25) is 9.69 Å². The maximum Gasteiger partial charge on any atom is 0.295 e. The molecule has 0 aliphatic carbocycles. The molecule has 3 rings (SSSR count). The first-order valence-electron chi connectivity index (χ1n) is 7.91. The number of hydrogen-bond acceptors (Lipinski definition) is 4. The minimum atomic E-state index is -2.67. The summed E-state index contributed by atoms with van der Waals surface area (Å²) in [6.07, 6.45) is -2.67. The zero-order valence-corrected chi connectivity index (χ0v) is 13.4. The molecule has 1 atom stereocenters. The summed E-state index contributed by atoms with van der Waals surface area (Å²) in [4.78, 5) is 23.0. The molecule has 0 bridgehead atoms. The SMILES string of the molecule is CC1CN(CCO)CCN1C(=O)c1ccc2nc(C(F)F)[nH]c2c1. The van der Waals surface area contributed by atoms with Gasteiger partial charge in [0.25, 0.3) is 12.3 Å². The van der Waals surface area contributed by atoms with Crippen molar-refractivity contribution in [1.82, 2.24) is 19.8 Å². The normalized spacial score (nSPS) is 19.4. The lowest BCUT2D eigenvalue weighted by molar-refractivity contribution is 0.0458. The van der Waals surface area contributed by atoms with Crippen molar-refractivity contribution in [3.63, 3.8) is 0 Å². The number of H-pyrrole nitrogens is 1. The van der Waals surface area contributed by atoms with Crippen LogP contribution in [0.5, 0.6) is 0 Å². The number of aliphatic hydroxyl groups is 1. The van der Waals surface area contributed by atoms with Crippen molar-refractivity contribution < 1.29 is 18.7 Å². The second kappa shape index (κ2) is 6.82. The number of fused-ring (bicyclic) bond motifs is 1. The van der Waals surface area contributed by atoms with Crippen LogP contribution in [0, 0.1) is 0 Å². The van der Waals surface area contributed by atoms with E-state index in [2.05, 4.69) is 14.9 Å². The third-order valence-electron chi connectivity index (χ3n) is 4.34. The quantitative estimate of drug-likeness (QED) is 0.889. The van der Waals surface area contributed by atoms with E-state index >= 15 is 0 Å². The molecule has 1 aromatic heterocycles. The van der Waals surface area contributed by atoms with Crippen molar-refractivity contribution in [2.45, 2.75) is 19.4 Å². The number of aliphatic hydroxyl groups excluding tert-OH is 1. The molecule has 1 aliphatic heterocycles. The van der Waals surface area contributed by atoms with Crippen molar-refractivity contribution in [2.24, 2.45) is 0 Å². The summed E-state index contributed by atoms with van der Waals surface area (Å²) in [5.74, 6) is -0.512. The largest absolute Gasteiger partial charge is 0.395 e. The maximum absolute atomic E-state index is 12.7. The minimum Gasteiger partial charge on any atom is -0.395 e. The third-order valence-corrected chi connectivity index (χ3v) is 4.34. The summed E-state index contributed by atoms with van der Waals surface area (Å²) in [5.41, 5.74) is 1.31. The number of carbonyl (C=O) groups excluding carboxylic acids is 1. The first-order valence-corrected chi connectivity index (χ1v) is 7.91. The van der Waals surface area contributed by atoms with Crippen LogP contribution in [0.3, 0.4) is 0 Å².